The van der Waals surface area contributed by atoms with Gasteiger partial charge in [-0.05, 0) is 54.8 Å². The average molecular weight is 408 g/mol. The molecule has 0 aliphatic heterocycles. The fourth-order valence-electron chi connectivity index (χ4n) is 3.50. The number of hydrogen-bond donors (Lipinski definition) is 3. The van der Waals surface area contributed by atoms with Gasteiger partial charge in [0.25, 0.3) is 0 Å². The van der Waals surface area contributed by atoms with Crippen LogP contribution in [0.3, 0.4) is 0 Å². The van der Waals surface area contributed by atoms with Crippen molar-refractivity contribution in [1.29, 1.82) is 0 Å². The highest BCUT2D eigenvalue weighted by atomic mass is 35.5. The van der Waals surface area contributed by atoms with Crippen LogP contribution in [0.15, 0.2) is 53.4 Å². The number of rotatable bonds is 6. The number of nitrogens with one attached hydrogen (secondary N) is 2. The summed E-state index contributed by atoms with van der Waals surface area (Å²) in [6.07, 6.45) is 4.13. The van der Waals surface area contributed by atoms with Gasteiger partial charge in [-0.15, -0.1) is 0 Å². The van der Waals surface area contributed by atoms with E-state index >= 15 is 0 Å². The summed E-state index contributed by atoms with van der Waals surface area (Å²) in [5.74, 6) is -0.196. The predicted molar refractivity (Wildman–Crippen MR) is 106 cm³/mol. The summed E-state index contributed by atoms with van der Waals surface area (Å²) in [7, 11) is -3.75. The van der Waals surface area contributed by atoms with Crippen molar-refractivity contribution in [1.82, 2.24) is 5.32 Å². The third-order valence-corrected chi connectivity index (χ3v) is 6.09. The highest BCUT2D eigenvalue weighted by Gasteiger charge is 2.35. The Morgan fingerprint density at radius 1 is 1.04 bits per heavy atom. The third-order valence-electron chi connectivity index (χ3n) is 4.91. The van der Waals surface area contributed by atoms with Crippen molar-refractivity contribution >= 4 is 33.2 Å². The molecule has 3 rings (SSSR count). The Kier molecular flexibility index (Phi) is 5.86. The molecule has 1 saturated carbocycles. The van der Waals surface area contributed by atoms with E-state index in [2.05, 4.69) is 10.6 Å². The number of amides is 1. The molecule has 2 aromatic rings. The third kappa shape index (κ3) is 4.87. The van der Waals surface area contributed by atoms with E-state index in [-0.39, 0.29) is 22.9 Å². The fourth-order valence-corrected chi connectivity index (χ4v) is 4.14. The van der Waals surface area contributed by atoms with E-state index in [1.165, 1.54) is 24.3 Å². The van der Waals surface area contributed by atoms with E-state index in [4.69, 9.17) is 16.7 Å². The van der Waals surface area contributed by atoms with Gasteiger partial charge in [0.15, 0.2) is 0 Å². The predicted octanol–water partition coefficient (Wildman–Crippen LogP) is 2.99. The maximum atomic E-state index is 12.3. The summed E-state index contributed by atoms with van der Waals surface area (Å²) in [5, 5.41) is 11.9. The second-order valence-electron chi connectivity index (χ2n) is 6.77. The Balaban J connectivity index is 1.64. The van der Waals surface area contributed by atoms with Gasteiger partial charge in [0.05, 0.1) is 11.4 Å². The zero-order valence-electron chi connectivity index (χ0n) is 14.7. The van der Waals surface area contributed by atoms with Crippen molar-refractivity contribution < 1.29 is 13.2 Å². The Hall–Kier alpha value is -1.93. The van der Waals surface area contributed by atoms with Crippen molar-refractivity contribution in [3.8, 4) is 0 Å². The molecule has 1 fully saturated rings. The summed E-state index contributed by atoms with van der Waals surface area (Å²) in [4.78, 5) is 12.3. The van der Waals surface area contributed by atoms with Gasteiger partial charge in [0, 0.05) is 16.2 Å². The van der Waals surface area contributed by atoms with Crippen molar-refractivity contribution in [2.24, 2.45) is 5.14 Å². The van der Waals surface area contributed by atoms with Gasteiger partial charge in [-0.3, -0.25) is 10.1 Å². The summed E-state index contributed by atoms with van der Waals surface area (Å²) in [6.45, 7) is 0.152. The first kappa shape index (κ1) is 19.8. The molecule has 0 atom stereocenters. The van der Waals surface area contributed by atoms with Gasteiger partial charge in [-0.1, -0.05) is 36.6 Å². The number of primary sulfonamides is 1. The quantitative estimate of drug-likeness (QED) is 0.685. The van der Waals surface area contributed by atoms with Crippen molar-refractivity contribution in [3.63, 3.8) is 0 Å². The monoisotopic (exact) mass is 407 g/mol. The smallest absolute Gasteiger partial charge is 0.238 e. The first-order chi connectivity index (χ1) is 12.8. The van der Waals surface area contributed by atoms with Crippen molar-refractivity contribution in [3.05, 3.63) is 59.1 Å². The molecule has 8 heteroatoms. The maximum absolute atomic E-state index is 12.3. The molecular formula is C19H22ClN3O3S. The summed E-state index contributed by atoms with van der Waals surface area (Å²) >= 11 is 5.99. The number of hydrogen-bond acceptors (Lipinski definition) is 4. The molecule has 6 nitrogen and oxygen atoms in total. The first-order valence-corrected chi connectivity index (χ1v) is 10.6. The molecule has 0 unspecified atom stereocenters. The van der Waals surface area contributed by atoms with E-state index in [0.717, 1.165) is 31.2 Å². The zero-order valence-corrected chi connectivity index (χ0v) is 16.3. The topological polar surface area (TPSA) is 101 Å². The maximum Gasteiger partial charge on any atom is 0.238 e. The molecule has 0 heterocycles. The normalized spacial score (nSPS) is 16.2. The van der Waals surface area contributed by atoms with Crippen molar-refractivity contribution in [2.75, 3.05) is 11.9 Å². The van der Waals surface area contributed by atoms with Crippen LogP contribution in [0.1, 0.15) is 31.2 Å². The van der Waals surface area contributed by atoms with Crippen LogP contribution >= 0.6 is 11.6 Å². The standard InChI is InChI=1S/C19H22ClN3O3S/c20-15-5-3-14(4-6-15)19(11-1-2-12-19)22-13-18(24)23-16-7-9-17(10-8-16)27(21,25)26/h3-10,22H,1-2,11-13H2,(H,23,24)(H2,21,25,26). The molecule has 0 radical (unpaired) electrons. The number of halogens is 1. The number of benzene rings is 2. The van der Waals surface area contributed by atoms with Gasteiger partial charge in [-0.2, -0.15) is 0 Å². The van der Waals surface area contributed by atoms with E-state index in [1.54, 1.807) is 0 Å². The molecule has 1 aliphatic carbocycles. The largest absolute Gasteiger partial charge is 0.325 e. The van der Waals surface area contributed by atoms with Crippen LogP contribution in [0.4, 0.5) is 5.69 Å². The Morgan fingerprint density at radius 2 is 1.63 bits per heavy atom. The molecule has 0 saturated heterocycles. The highest BCUT2D eigenvalue weighted by Crippen LogP contribution is 2.38. The molecule has 144 valence electrons. The summed E-state index contributed by atoms with van der Waals surface area (Å²) in [6, 6.07) is 13.5. The van der Waals surface area contributed by atoms with Gasteiger partial charge < -0.3 is 5.32 Å². The van der Waals surface area contributed by atoms with Crippen LogP contribution in [0, 0.1) is 0 Å². The van der Waals surface area contributed by atoms with Crippen LogP contribution in [0.5, 0.6) is 0 Å². The molecule has 0 aromatic heterocycles. The molecule has 1 amide bonds. The van der Waals surface area contributed by atoms with Gasteiger partial charge in [0.2, 0.25) is 15.9 Å². The van der Waals surface area contributed by atoms with Gasteiger partial charge in [-0.25, -0.2) is 13.6 Å². The Morgan fingerprint density at radius 3 is 2.19 bits per heavy atom. The highest BCUT2D eigenvalue weighted by molar-refractivity contribution is 7.89. The Bertz CT molecular complexity index is 906. The number of anilines is 1. The van der Waals surface area contributed by atoms with Crippen LogP contribution in [0.2, 0.25) is 5.02 Å². The first-order valence-electron chi connectivity index (χ1n) is 8.72. The molecule has 2 aromatic carbocycles. The van der Waals surface area contributed by atoms with Crippen LogP contribution in [-0.4, -0.2) is 20.9 Å². The molecule has 1 aliphatic rings. The molecule has 0 bridgehead atoms. The van der Waals surface area contributed by atoms with E-state index in [1.807, 2.05) is 24.3 Å². The molecule has 27 heavy (non-hydrogen) atoms. The summed E-state index contributed by atoms with van der Waals surface area (Å²) in [5.41, 5.74) is 1.43. The minimum Gasteiger partial charge on any atom is -0.325 e. The lowest BCUT2D eigenvalue weighted by molar-refractivity contribution is -0.115. The lowest BCUT2D eigenvalue weighted by Crippen LogP contribution is -2.44. The van der Waals surface area contributed by atoms with E-state index < -0.39 is 10.0 Å². The number of sulfonamides is 1. The molecule has 4 N–H and O–H groups in total. The number of carbonyl (C=O) groups is 1. The second-order valence-corrected chi connectivity index (χ2v) is 8.77. The van der Waals surface area contributed by atoms with Crippen LogP contribution in [0.25, 0.3) is 0 Å². The van der Waals surface area contributed by atoms with Gasteiger partial charge in [0.1, 0.15) is 0 Å². The van der Waals surface area contributed by atoms with E-state index in [0.29, 0.717) is 10.7 Å². The zero-order chi connectivity index (χ0) is 19.5. The average Bonchev–Trinajstić information content (AvgIpc) is 3.10. The lowest BCUT2D eigenvalue weighted by atomic mass is 9.88. The minimum atomic E-state index is -3.75. The lowest BCUT2D eigenvalue weighted by Gasteiger charge is -2.31. The molecule has 0 spiro atoms. The van der Waals surface area contributed by atoms with Crippen molar-refractivity contribution in [2.45, 2.75) is 36.1 Å². The minimum absolute atomic E-state index is 0.00581. The second kappa shape index (κ2) is 7.98. The number of nitrogens with two attached hydrogens (primary N) is 1. The summed E-state index contributed by atoms with van der Waals surface area (Å²) < 4.78 is 22.6. The molecular weight excluding hydrogens is 386 g/mol. The van der Waals surface area contributed by atoms with Crippen LogP contribution < -0.4 is 15.8 Å². The van der Waals surface area contributed by atoms with Crippen LogP contribution in [-0.2, 0) is 20.4 Å². The van der Waals surface area contributed by atoms with E-state index in [9.17, 15) is 13.2 Å². The Labute approximate surface area is 164 Å². The number of carbonyl (C=O) groups excluding carboxylic acids is 1. The van der Waals surface area contributed by atoms with Gasteiger partial charge >= 0.3 is 0 Å². The SMILES string of the molecule is NS(=O)(=O)c1ccc(NC(=O)CNC2(c3ccc(Cl)cc3)CCCC2)cc1. The fraction of sp³-hybridized carbons (Fsp3) is 0.316.